The van der Waals surface area contributed by atoms with E-state index in [0.29, 0.717) is 6.54 Å². The Morgan fingerprint density at radius 3 is 2.66 bits per heavy atom. The standard InChI is InChI=1S/C25H25BrN4OS/c1-2-30-24(31)23(14-17-16-27-22-11-6-18(26)15-21(17)22)32-25(30)28-19-7-9-20(10-8-19)29-12-4-3-5-13-29/h6-11,14-16,31H,2-5,12-13H2,1H3. The summed E-state index contributed by atoms with van der Waals surface area (Å²) in [5.41, 5.74) is 5.14. The van der Waals surface area contributed by atoms with Crippen molar-refractivity contribution in [1.82, 2.24) is 4.57 Å². The summed E-state index contributed by atoms with van der Waals surface area (Å²) in [7, 11) is 0. The topological polar surface area (TPSA) is 53.1 Å². The number of aliphatic imine (C=N–C) groups is 1. The highest BCUT2D eigenvalue weighted by atomic mass is 79.9. The minimum Gasteiger partial charge on any atom is -0.493 e. The molecule has 5 nitrogen and oxygen atoms in total. The Balaban J connectivity index is 1.47. The summed E-state index contributed by atoms with van der Waals surface area (Å²) in [5, 5.41) is 10.9. The molecule has 32 heavy (non-hydrogen) atoms. The van der Waals surface area contributed by atoms with Gasteiger partial charge in [-0.05, 0) is 74.7 Å². The van der Waals surface area contributed by atoms with Crippen LogP contribution in [0, 0.1) is 0 Å². The lowest BCUT2D eigenvalue weighted by Crippen LogP contribution is -2.29. The average Bonchev–Trinajstić information content (AvgIpc) is 3.35. The first-order valence-electron chi connectivity index (χ1n) is 11.0. The van der Waals surface area contributed by atoms with Crippen LogP contribution >= 0.6 is 27.3 Å². The third-order valence-corrected chi connectivity index (χ3v) is 7.43. The number of aromatic hydroxyl groups is 1. The van der Waals surface area contributed by atoms with Gasteiger partial charge in [0, 0.05) is 47.1 Å². The van der Waals surface area contributed by atoms with Crippen LogP contribution in [-0.4, -0.2) is 29.0 Å². The molecule has 5 rings (SSSR count). The van der Waals surface area contributed by atoms with Crippen molar-refractivity contribution in [2.75, 3.05) is 18.0 Å². The van der Waals surface area contributed by atoms with Crippen LogP contribution in [-0.2, 0) is 6.54 Å². The van der Waals surface area contributed by atoms with Gasteiger partial charge in [-0.1, -0.05) is 27.3 Å². The Morgan fingerprint density at radius 2 is 1.91 bits per heavy atom. The largest absolute Gasteiger partial charge is 0.493 e. The molecule has 1 N–H and O–H groups in total. The van der Waals surface area contributed by atoms with Crippen molar-refractivity contribution in [3.8, 4) is 5.88 Å². The zero-order valence-corrected chi connectivity index (χ0v) is 20.4. The van der Waals surface area contributed by atoms with Crippen LogP contribution < -0.4 is 9.70 Å². The first kappa shape index (κ1) is 21.2. The maximum absolute atomic E-state index is 10.9. The molecule has 3 aromatic rings. The molecule has 0 saturated carbocycles. The third kappa shape index (κ3) is 4.19. The molecule has 2 aromatic carbocycles. The smallest absolute Gasteiger partial charge is 0.211 e. The van der Waals surface area contributed by atoms with Crippen molar-refractivity contribution in [3.63, 3.8) is 0 Å². The fourth-order valence-corrected chi connectivity index (χ4v) is 5.62. The van der Waals surface area contributed by atoms with Crippen molar-refractivity contribution in [2.45, 2.75) is 32.7 Å². The van der Waals surface area contributed by atoms with Crippen LogP contribution in [0.25, 0.3) is 11.6 Å². The number of fused-ring (bicyclic) bond motifs is 1. The molecule has 1 saturated heterocycles. The number of rotatable bonds is 4. The van der Waals surface area contributed by atoms with Crippen LogP contribution in [0.1, 0.15) is 36.6 Å². The maximum Gasteiger partial charge on any atom is 0.211 e. The number of hydrogen-bond donors (Lipinski definition) is 1. The zero-order chi connectivity index (χ0) is 22.1. The van der Waals surface area contributed by atoms with Gasteiger partial charge in [-0.25, -0.2) is 4.99 Å². The zero-order valence-electron chi connectivity index (χ0n) is 18.0. The SMILES string of the molecule is CCn1c(O)c(C=C2C=Nc3ccc(Br)cc32)sc1=Nc1ccc(N2CCCCC2)cc1. The lowest BCUT2D eigenvalue weighted by Gasteiger charge is -2.28. The summed E-state index contributed by atoms with van der Waals surface area (Å²) in [5.74, 6) is 0.241. The number of anilines is 1. The van der Waals surface area contributed by atoms with Gasteiger partial charge in [-0.15, -0.1) is 0 Å². The van der Waals surface area contributed by atoms with Crippen molar-refractivity contribution in [1.29, 1.82) is 0 Å². The van der Waals surface area contributed by atoms with Gasteiger partial charge in [0.25, 0.3) is 0 Å². The fraction of sp³-hybridized carbons (Fsp3) is 0.280. The van der Waals surface area contributed by atoms with Gasteiger partial charge >= 0.3 is 0 Å². The molecule has 0 amide bonds. The minimum atomic E-state index is 0.241. The molecule has 2 aliphatic heterocycles. The van der Waals surface area contributed by atoms with Crippen LogP contribution in [0.3, 0.4) is 0 Å². The van der Waals surface area contributed by atoms with Crippen LogP contribution in [0.15, 0.2) is 56.9 Å². The Bertz CT molecular complexity index is 1260. The number of piperidine rings is 1. The van der Waals surface area contributed by atoms with E-state index in [1.54, 1.807) is 0 Å². The molecule has 0 bridgehead atoms. The molecule has 3 heterocycles. The molecule has 1 aromatic heterocycles. The molecule has 0 atom stereocenters. The Kier molecular flexibility index (Phi) is 6.02. The predicted molar refractivity (Wildman–Crippen MR) is 138 cm³/mol. The molecular weight excluding hydrogens is 484 g/mol. The van der Waals surface area contributed by atoms with E-state index in [0.717, 1.165) is 49.8 Å². The van der Waals surface area contributed by atoms with Gasteiger partial charge in [0.15, 0.2) is 4.80 Å². The van der Waals surface area contributed by atoms with Gasteiger partial charge in [0.2, 0.25) is 5.88 Å². The molecule has 2 aliphatic rings. The number of nitrogens with zero attached hydrogens (tertiary/aromatic N) is 4. The second-order valence-electron chi connectivity index (χ2n) is 8.01. The summed E-state index contributed by atoms with van der Waals surface area (Å²) in [4.78, 5) is 13.3. The summed E-state index contributed by atoms with van der Waals surface area (Å²) < 4.78 is 2.86. The van der Waals surface area contributed by atoms with E-state index < -0.39 is 0 Å². The summed E-state index contributed by atoms with van der Waals surface area (Å²) in [6, 6.07) is 14.5. The van der Waals surface area contributed by atoms with E-state index in [-0.39, 0.29) is 5.88 Å². The Labute approximate surface area is 200 Å². The van der Waals surface area contributed by atoms with Crippen LogP contribution in [0.5, 0.6) is 5.88 Å². The maximum atomic E-state index is 10.9. The van der Waals surface area contributed by atoms with Crippen LogP contribution in [0.2, 0.25) is 0 Å². The van der Waals surface area contributed by atoms with Gasteiger partial charge in [0.1, 0.15) is 0 Å². The summed E-state index contributed by atoms with van der Waals surface area (Å²) in [6.07, 6.45) is 7.70. The molecule has 7 heteroatoms. The monoisotopic (exact) mass is 508 g/mol. The van der Waals surface area contributed by atoms with E-state index in [2.05, 4.69) is 56.2 Å². The van der Waals surface area contributed by atoms with Crippen molar-refractivity contribution in [3.05, 3.63) is 62.2 Å². The number of benzene rings is 2. The lowest BCUT2D eigenvalue weighted by molar-refractivity contribution is 0.416. The number of hydrogen-bond acceptors (Lipinski definition) is 5. The van der Waals surface area contributed by atoms with Gasteiger partial charge < -0.3 is 10.0 Å². The molecular formula is C25H25BrN4OS. The predicted octanol–water partition coefficient (Wildman–Crippen LogP) is 6.52. The highest BCUT2D eigenvalue weighted by Crippen LogP contribution is 2.36. The van der Waals surface area contributed by atoms with Gasteiger partial charge in [-0.2, -0.15) is 0 Å². The lowest BCUT2D eigenvalue weighted by atomic mass is 10.1. The van der Waals surface area contributed by atoms with Gasteiger partial charge in [-0.3, -0.25) is 9.56 Å². The van der Waals surface area contributed by atoms with E-state index >= 15 is 0 Å². The third-order valence-electron chi connectivity index (χ3n) is 5.92. The van der Waals surface area contributed by atoms with E-state index in [9.17, 15) is 5.11 Å². The molecule has 1 fully saturated rings. The second-order valence-corrected chi connectivity index (χ2v) is 9.94. The molecule has 0 spiro atoms. The number of halogens is 1. The fourth-order valence-electron chi connectivity index (χ4n) is 4.20. The number of thiazole rings is 1. The molecule has 0 unspecified atom stereocenters. The number of allylic oxidation sites excluding steroid dienone is 1. The highest BCUT2D eigenvalue weighted by molar-refractivity contribution is 9.10. The second kappa shape index (κ2) is 9.08. The molecule has 0 aliphatic carbocycles. The Hall–Kier alpha value is -2.64. The summed E-state index contributed by atoms with van der Waals surface area (Å²) >= 11 is 5.02. The molecule has 164 valence electrons. The van der Waals surface area contributed by atoms with Crippen molar-refractivity contribution >= 4 is 62.2 Å². The molecule has 0 radical (unpaired) electrons. The minimum absolute atomic E-state index is 0.241. The first-order chi connectivity index (χ1) is 15.6. The average molecular weight is 509 g/mol. The van der Waals surface area contributed by atoms with Crippen LogP contribution in [0.4, 0.5) is 17.1 Å². The highest BCUT2D eigenvalue weighted by Gasteiger charge is 2.16. The van der Waals surface area contributed by atoms with E-state index in [1.165, 1.54) is 36.3 Å². The van der Waals surface area contributed by atoms with E-state index in [1.807, 2.05) is 35.9 Å². The van der Waals surface area contributed by atoms with Gasteiger partial charge in [0.05, 0.1) is 16.3 Å². The van der Waals surface area contributed by atoms with Crippen molar-refractivity contribution in [2.24, 2.45) is 9.98 Å². The quantitative estimate of drug-likeness (QED) is 0.436. The van der Waals surface area contributed by atoms with Crippen molar-refractivity contribution < 1.29 is 5.11 Å². The summed E-state index contributed by atoms with van der Waals surface area (Å²) in [6.45, 7) is 4.93. The van der Waals surface area contributed by atoms with E-state index in [4.69, 9.17) is 4.99 Å². The normalized spacial score (nSPS) is 17.4. The Morgan fingerprint density at radius 1 is 1.12 bits per heavy atom. The first-order valence-corrected chi connectivity index (χ1v) is 12.6. The number of aromatic nitrogens is 1.